The van der Waals surface area contributed by atoms with Crippen LogP contribution >= 0.6 is 0 Å². The van der Waals surface area contributed by atoms with Crippen LogP contribution in [0.1, 0.15) is 10.4 Å². The number of hydrogen-bond donors (Lipinski definition) is 1. The van der Waals surface area contributed by atoms with Crippen LogP contribution in [0, 0.1) is 0 Å². The van der Waals surface area contributed by atoms with E-state index in [0.717, 1.165) is 0 Å². The number of methoxy groups -OCH3 is 1. The lowest BCUT2D eigenvalue weighted by molar-refractivity contribution is 0.0652. The molecule has 0 bridgehead atoms. The summed E-state index contributed by atoms with van der Waals surface area (Å²) in [4.78, 5) is 12.3. The van der Waals surface area contributed by atoms with Crippen molar-refractivity contribution >= 4 is 5.78 Å². The van der Waals surface area contributed by atoms with Gasteiger partial charge in [-0.2, -0.15) is 0 Å². The van der Waals surface area contributed by atoms with Crippen LogP contribution in [0.25, 0.3) is 0 Å². The third-order valence-corrected chi connectivity index (χ3v) is 2.85. The third kappa shape index (κ3) is 3.16. The first-order valence-corrected chi connectivity index (χ1v) is 6.26. The zero-order valence-corrected chi connectivity index (χ0v) is 11.2. The van der Waals surface area contributed by atoms with Crippen molar-refractivity contribution in [1.29, 1.82) is 0 Å². The van der Waals surface area contributed by atoms with Crippen molar-refractivity contribution in [3.63, 3.8) is 0 Å². The maximum atomic E-state index is 12.3. The predicted octanol–water partition coefficient (Wildman–Crippen LogP) is 2.32. The van der Waals surface area contributed by atoms with Crippen LogP contribution in [-0.2, 0) is 0 Å². The van der Waals surface area contributed by atoms with Crippen LogP contribution in [0.4, 0.5) is 0 Å². The summed E-state index contributed by atoms with van der Waals surface area (Å²) in [6.45, 7) is -0.397. The lowest BCUT2D eigenvalue weighted by Crippen LogP contribution is -2.31. The van der Waals surface area contributed by atoms with Gasteiger partial charge in [-0.05, 0) is 12.1 Å². The number of ketones is 1. The minimum atomic E-state index is -0.950. The van der Waals surface area contributed by atoms with Gasteiger partial charge in [-0.3, -0.25) is 4.79 Å². The molecule has 1 N–H and O–H groups in total. The number of carbonyl (C=O) groups is 1. The second kappa shape index (κ2) is 6.73. The second-order valence-corrected chi connectivity index (χ2v) is 4.17. The topological polar surface area (TPSA) is 55.8 Å². The van der Waals surface area contributed by atoms with E-state index in [-0.39, 0.29) is 5.78 Å². The Morgan fingerprint density at radius 1 is 1.05 bits per heavy atom. The summed E-state index contributed by atoms with van der Waals surface area (Å²) in [6.07, 6.45) is -0.950. The molecule has 0 heterocycles. The Hall–Kier alpha value is -2.33. The first kappa shape index (κ1) is 14.1. The molecule has 1 atom stereocenters. The molecule has 0 spiro atoms. The van der Waals surface area contributed by atoms with Crippen molar-refractivity contribution in [3.8, 4) is 11.5 Å². The molecule has 20 heavy (non-hydrogen) atoms. The Bertz CT molecular complexity index is 566. The highest BCUT2D eigenvalue weighted by Gasteiger charge is 2.22. The largest absolute Gasteiger partial charge is 0.493 e. The third-order valence-electron chi connectivity index (χ3n) is 2.85. The quantitative estimate of drug-likeness (QED) is 0.820. The van der Waals surface area contributed by atoms with Gasteiger partial charge in [0.15, 0.2) is 17.6 Å². The van der Waals surface area contributed by atoms with E-state index in [1.165, 1.54) is 7.11 Å². The number of carbonyl (C=O) groups excluding carboxylic acids is 1. The molecular formula is C16H16O4. The highest BCUT2D eigenvalue weighted by molar-refractivity contribution is 5.99. The number of ether oxygens (including phenoxy) is 2. The molecule has 0 saturated carbocycles. The van der Waals surface area contributed by atoms with E-state index >= 15 is 0 Å². The van der Waals surface area contributed by atoms with Crippen LogP contribution in [-0.4, -0.2) is 30.7 Å². The molecule has 4 nitrogen and oxygen atoms in total. The van der Waals surface area contributed by atoms with Gasteiger partial charge in [-0.15, -0.1) is 0 Å². The molecule has 0 aliphatic rings. The number of hydrogen-bond acceptors (Lipinski definition) is 4. The molecule has 0 aromatic heterocycles. The van der Waals surface area contributed by atoms with Gasteiger partial charge >= 0.3 is 0 Å². The lowest BCUT2D eigenvalue weighted by Gasteiger charge is -2.17. The van der Waals surface area contributed by atoms with Crippen LogP contribution in [0.3, 0.4) is 0 Å². The highest BCUT2D eigenvalue weighted by Crippen LogP contribution is 2.27. The van der Waals surface area contributed by atoms with Crippen LogP contribution in [0.15, 0.2) is 54.6 Å². The van der Waals surface area contributed by atoms with Crippen molar-refractivity contribution in [2.45, 2.75) is 6.10 Å². The van der Waals surface area contributed by atoms with Crippen LogP contribution in [0.2, 0.25) is 0 Å². The highest BCUT2D eigenvalue weighted by atomic mass is 16.5. The molecule has 0 radical (unpaired) electrons. The summed E-state index contributed by atoms with van der Waals surface area (Å²) in [7, 11) is 1.52. The fourth-order valence-corrected chi connectivity index (χ4v) is 1.83. The van der Waals surface area contributed by atoms with E-state index < -0.39 is 12.7 Å². The Morgan fingerprint density at radius 3 is 2.25 bits per heavy atom. The smallest absolute Gasteiger partial charge is 0.205 e. The SMILES string of the molecule is COc1ccccc1OC(CO)C(=O)c1ccccc1. The summed E-state index contributed by atoms with van der Waals surface area (Å²) in [5, 5.41) is 9.40. The molecule has 2 rings (SSSR count). The maximum Gasteiger partial charge on any atom is 0.205 e. The van der Waals surface area contributed by atoms with Crippen molar-refractivity contribution in [3.05, 3.63) is 60.2 Å². The zero-order chi connectivity index (χ0) is 14.4. The summed E-state index contributed by atoms with van der Waals surface area (Å²) in [5.41, 5.74) is 0.501. The van der Waals surface area contributed by atoms with Crippen molar-refractivity contribution < 1.29 is 19.4 Å². The number of para-hydroxylation sites is 2. The molecule has 0 aliphatic carbocycles. The Labute approximate surface area is 117 Å². The maximum absolute atomic E-state index is 12.3. The van der Waals surface area contributed by atoms with Crippen LogP contribution in [0.5, 0.6) is 11.5 Å². The number of benzene rings is 2. The summed E-state index contributed by atoms with van der Waals surface area (Å²) < 4.78 is 10.7. The summed E-state index contributed by atoms with van der Waals surface area (Å²) in [5.74, 6) is 0.684. The van der Waals surface area contributed by atoms with Gasteiger partial charge in [0.1, 0.15) is 0 Å². The van der Waals surface area contributed by atoms with E-state index in [4.69, 9.17) is 9.47 Å². The van der Waals surface area contributed by atoms with E-state index in [1.54, 1.807) is 48.5 Å². The van der Waals surface area contributed by atoms with Crippen LogP contribution < -0.4 is 9.47 Å². The summed E-state index contributed by atoms with van der Waals surface area (Å²) in [6, 6.07) is 15.8. The number of Topliss-reactive ketones (excluding diaryl/α,β-unsaturated/α-hetero) is 1. The van der Waals surface area contributed by atoms with Gasteiger partial charge in [0.25, 0.3) is 0 Å². The zero-order valence-electron chi connectivity index (χ0n) is 11.2. The van der Waals surface area contributed by atoms with Gasteiger partial charge in [0.2, 0.25) is 5.78 Å². The van der Waals surface area contributed by atoms with Gasteiger partial charge in [0, 0.05) is 5.56 Å². The van der Waals surface area contributed by atoms with Gasteiger partial charge in [-0.1, -0.05) is 42.5 Å². The van der Waals surface area contributed by atoms with Crippen molar-refractivity contribution in [2.24, 2.45) is 0 Å². The molecule has 1 unspecified atom stereocenters. The van der Waals surface area contributed by atoms with Crippen molar-refractivity contribution in [2.75, 3.05) is 13.7 Å². The van der Waals surface area contributed by atoms with E-state index in [0.29, 0.717) is 17.1 Å². The molecule has 104 valence electrons. The standard InChI is InChI=1S/C16H16O4/c1-19-13-9-5-6-10-14(13)20-15(11-17)16(18)12-7-3-2-4-8-12/h2-10,15,17H,11H2,1H3. The molecule has 4 heteroatoms. The molecular weight excluding hydrogens is 256 g/mol. The Kier molecular flexibility index (Phi) is 4.74. The molecule has 0 aliphatic heterocycles. The number of aliphatic hydroxyl groups excluding tert-OH is 1. The Balaban J connectivity index is 2.19. The van der Waals surface area contributed by atoms with Crippen molar-refractivity contribution in [1.82, 2.24) is 0 Å². The monoisotopic (exact) mass is 272 g/mol. The van der Waals surface area contributed by atoms with Gasteiger partial charge in [-0.25, -0.2) is 0 Å². The molecule has 0 fully saturated rings. The second-order valence-electron chi connectivity index (χ2n) is 4.17. The Morgan fingerprint density at radius 2 is 1.65 bits per heavy atom. The predicted molar refractivity (Wildman–Crippen MR) is 75.3 cm³/mol. The fraction of sp³-hybridized carbons (Fsp3) is 0.188. The normalized spacial score (nSPS) is 11.7. The minimum Gasteiger partial charge on any atom is -0.493 e. The first-order valence-electron chi connectivity index (χ1n) is 6.26. The average molecular weight is 272 g/mol. The first-order chi connectivity index (χ1) is 9.76. The fourth-order valence-electron chi connectivity index (χ4n) is 1.83. The molecule has 2 aromatic carbocycles. The van der Waals surface area contributed by atoms with Gasteiger partial charge < -0.3 is 14.6 Å². The number of rotatable bonds is 6. The average Bonchev–Trinajstić information content (AvgIpc) is 2.53. The van der Waals surface area contributed by atoms with E-state index in [2.05, 4.69) is 0 Å². The van der Waals surface area contributed by atoms with E-state index in [9.17, 15) is 9.90 Å². The molecule has 2 aromatic rings. The molecule has 0 amide bonds. The van der Waals surface area contributed by atoms with E-state index in [1.807, 2.05) is 6.07 Å². The lowest BCUT2D eigenvalue weighted by atomic mass is 10.1. The molecule has 0 saturated heterocycles. The van der Waals surface area contributed by atoms with Gasteiger partial charge in [0.05, 0.1) is 13.7 Å². The minimum absolute atomic E-state index is 0.265. The summed E-state index contributed by atoms with van der Waals surface area (Å²) >= 11 is 0. The number of aliphatic hydroxyl groups is 1.